The lowest BCUT2D eigenvalue weighted by molar-refractivity contribution is 0.498. The number of hydrogen-bond acceptors (Lipinski definition) is 4. The maximum atomic E-state index is 5.45. The second kappa shape index (κ2) is 4.49. The van der Waals surface area contributed by atoms with E-state index in [1.54, 1.807) is 6.33 Å². The van der Waals surface area contributed by atoms with Gasteiger partial charge in [-0.15, -0.1) is 10.2 Å². The SMILES string of the molecule is Cc1cc(CNCc2nncn2C)c(C)o1. The standard InChI is InChI=1S/C11H16N4O/c1-8-4-10(9(2)16-8)5-12-6-11-14-13-7-15(11)3/h4,7,12H,5-6H2,1-3H3. The van der Waals surface area contributed by atoms with Crippen molar-refractivity contribution in [3.8, 4) is 0 Å². The lowest BCUT2D eigenvalue weighted by atomic mass is 10.2. The second-order valence-electron chi connectivity index (χ2n) is 3.90. The summed E-state index contributed by atoms with van der Waals surface area (Å²) in [5.74, 6) is 2.86. The van der Waals surface area contributed by atoms with Crippen LogP contribution < -0.4 is 5.32 Å². The van der Waals surface area contributed by atoms with Crippen molar-refractivity contribution < 1.29 is 4.42 Å². The van der Waals surface area contributed by atoms with Crippen LogP contribution in [0.15, 0.2) is 16.8 Å². The van der Waals surface area contributed by atoms with Crippen LogP contribution in [0.5, 0.6) is 0 Å². The van der Waals surface area contributed by atoms with Gasteiger partial charge in [0, 0.05) is 19.2 Å². The maximum Gasteiger partial charge on any atom is 0.146 e. The molecule has 0 spiro atoms. The van der Waals surface area contributed by atoms with E-state index < -0.39 is 0 Å². The Labute approximate surface area is 94.5 Å². The highest BCUT2D eigenvalue weighted by atomic mass is 16.3. The Bertz CT molecular complexity index is 472. The quantitative estimate of drug-likeness (QED) is 0.844. The highest BCUT2D eigenvalue weighted by molar-refractivity contribution is 5.19. The van der Waals surface area contributed by atoms with Crippen molar-refractivity contribution in [2.45, 2.75) is 26.9 Å². The Morgan fingerprint density at radius 1 is 1.38 bits per heavy atom. The van der Waals surface area contributed by atoms with Gasteiger partial charge in [-0.05, 0) is 19.9 Å². The van der Waals surface area contributed by atoms with Gasteiger partial charge in [-0.25, -0.2) is 0 Å². The minimum atomic E-state index is 0.708. The molecule has 2 heterocycles. The first-order chi connectivity index (χ1) is 7.66. The van der Waals surface area contributed by atoms with Gasteiger partial charge in [0.15, 0.2) is 0 Å². The number of hydrogen-bond donors (Lipinski definition) is 1. The molecule has 0 radical (unpaired) electrons. The van der Waals surface area contributed by atoms with E-state index in [1.165, 1.54) is 5.56 Å². The molecule has 0 amide bonds. The van der Waals surface area contributed by atoms with E-state index in [4.69, 9.17) is 4.42 Å². The van der Waals surface area contributed by atoms with Crippen molar-refractivity contribution in [2.75, 3.05) is 0 Å². The summed E-state index contributed by atoms with van der Waals surface area (Å²) in [5, 5.41) is 11.1. The lowest BCUT2D eigenvalue weighted by Gasteiger charge is -2.02. The van der Waals surface area contributed by atoms with Gasteiger partial charge in [-0.2, -0.15) is 0 Å². The topological polar surface area (TPSA) is 55.9 Å². The molecule has 0 atom stereocenters. The predicted octanol–water partition coefficient (Wildman–Crippen LogP) is 1.31. The number of rotatable bonds is 4. The van der Waals surface area contributed by atoms with Crippen LogP contribution in [-0.4, -0.2) is 14.8 Å². The van der Waals surface area contributed by atoms with Gasteiger partial charge >= 0.3 is 0 Å². The molecule has 2 aromatic heterocycles. The summed E-state index contributed by atoms with van der Waals surface area (Å²) in [6, 6.07) is 2.05. The van der Waals surface area contributed by atoms with E-state index in [9.17, 15) is 0 Å². The van der Waals surface area contributed by atoms with Crippen LogP contribution in [0.25, 0.3) is 0 Å². The van der Waals surface area contributed by atoms with Crippen molar-refractivity contribution >= 4 is 0 Å². The highest BCUT2D eigenvalue weighted by Crippen LogP contribution is 2.13. The maximum absolute atomic E-state index is 5.45. The van der Waals surface area contributed by atoms with Crippen LogP contribution in [-0.2, 0) is 20.1 Å². The van der Waals surface area contributed by atoms with Gasteiger partial charge < -0.3 is 14.3 Å². The van der Waals surface area contributed by atoms with E-state index in [-0.39, 0.29) is 0 Å². The molecule has 0 fully saturated rings. The molecule has 2 aromatic rings. The first-order valence-corrected chi connectivity index (χ1v) is 5.26. The number of furan rings is 1. The summed E-state index contributed by atoms with van der Waals surface area (Å²) in [6.45, 7) is 5.43. The summed E-state index contributed by atoms with van der Waals surface area (Å²) in [5.41, 5.74) is 1.19. The van der Waals surface area contributed by atoms with E-state index in [1.807, 2.05) is 25.5 Å². The summed E-state index contributed by atoms with van der Waals surface area (Å²) >= 11 is 0. The summed E-state index contributed by atoms with van der Waals surface area (Å²) in [4.78, 5) is 0. The van der Waals surface area contributed by atoms with Gasteiger partial charge in [0.2, 0.25) is 0 Å². The van der Waals surface area contributed by atoms with Crippen LogP contribution >= 0.6 is 0 Å². The summed E-state index contributed by atoms with van der Waals surface area (Å²) < 4.78 is 7.36. The molecule has 0 aromatic carbocycles. The second-order valence-corrected chi connectivity index (χ2v) is 3.90. The van der Waals surface area contributed by atoms with E-state index >= 15 is 0 Å². The van der Waals surface area contributed by atoms with E-state index in [0.29, 0.717) is 6.54 Å². The van der Waals surface area contributed by atoms with Crippen LogP contribution in [0.2, 0.25) is 0 Å². The van der Waals surface area contributed by atoms with Crippen molar-refractivity contribution in [1.29, 1.82) is 0 Å². The Kier molecular flexibility index (Phi) is 3.05. The molecule has 0 aliphatic rings. The van der Waals surface area contributed by atoms with Gasteiger partial charge in [0.05, 0.1) is 6.54 Å². The fourth-order valence-electron chi connectivity index (χ4n) is 1.64. The normalized spacial score (nSPS) is 10.9. The van der Waals surface area contributed by atoms with Gasteiger partial charge in [0.25, 0.3) is 0 Å². The average molecular weight is 220 g/mol. The fourth-order valence-corrected chi connectivity index (χ4v) is 1.64. The Balaban J connectivity index is 1.89. The Morgan fingerprint density at radius 3 is 2.75 bits per heavy atom. The van der Waals surface area contributed by atoms with Crippen molar-refractivity contribution in [2.24, 2.45) is 7.05 Å². The van der Waals surface area contributed by atoms with Crippen molar-refractivity contribution in [3.05, 3.63) is 35.3 Å². The lowest BCUT2D eigenvalue weighted by Crippen LogP contribution is -2.15. The third-order valence-corrected chi connectivity index (χ3v) is 2.55. The molecular formula is C11H16N4O. The third-order valence-electron chi connectivity index (χ3n) is 2.55. The minimum absolute atomic E-state index is 0.708. The molecule has 2 rings (SSSR count). The minimum Gasteiger partial charge on any atom is -0.466 e. The molecule has 0 unspecified atom stereocenters. The zero-order valence-electron chi connectivity index (χ0n) is 9.82. The first-order valence-electron chi connectivity index (χ1n) is 5.26. The third kappa shape index (κ3) is 2.30. The van der Waals surface area contributed by atoms with Gasteiger partial charge in [-0.3, -0.25) is 0 Å². The largest absolute Gasteiger partial charge is 0.466 e. The van der Waals surface area contributed by atoms with E-state index in [0.717, 1.165) is 23.9 Å². The fraction of sp³-hybridized carbons (Fsp3) is 0.455. The zero-order valence-corrected chi connectivity index (χ0v) is 9.82. The molecule has 0 aliphatic heterocycles. The summed E-state index contributed by atoms with van der Waals surface area (Å²) in [7, 11) is 1.93. The van der Waals surface area contributed by atoms with Gasteiger partial charge in [-0.1, -0.05) is 0 Å². The Morgan fingerprint density at radius 2 is 2.19 bits per heavy atom. The van der Waals surface area contributed by atoms with Gasteiger partial charge in [0.1, 0.15) is 23.7 Å². The molecule has 5 nitrogen and oxygen atoms in total. The summed E-state index contributed by atoms with van der Waals surface area (Å²) in [6.07, 6.45) is 1.70. The molecule has 1 N–H and O–H groups in total. The number of nitrogens with one attached hydrogen (secondary N) is 1. The highest BCUT2D eigenvalue weighted by Gasteiger charge is 2.05. The molecule has 0 bridgehead atoms. The molecule has 16 heavy (non-hydrogen) atoms. The smallest absolute Gasteiger partial charge is 0.146 e. The Hall–Kier alpha value is -1.62. The molecule has 0 aliphatic carbocycles. The zero-order chi connectivity index (χ0) is 11.5. The average Bonchev–Trinajstić information content (AvgIpc) is 2.75. The number of nitrogens with zero attached hydrogens (tertiary/aromatic N) is 3. The monoisotopic (exact) mass is 220 g/mol. The van der Waals surface area contributed by atoms with Crippen LogP contribution in [0, 0.1) is 13.8 Å². The van der Waals surface area contributed by atoms with Crippen molar-refractivity contribution in [3.63, 3.8) is 0 Å². The molecule has 0 saturated carbocycles. The molecule has 0 saturated heterocycles. The molecule has 5 heteroatoms. The van der Waals surface area contributed by atoms with Crippen LogP contribution in [0.1, 0.15) is 22.9 Å². The van der Waals surface area contributed by atoms with Crippen molar-refractivity contribution in [1.82, 2.24) is 20.1 Å². The van der Waals surface area contributed by atoms with Crippen LogP contribution in [0.3, 0.4) is 0 Å². The number of aryl methyl sites for hydroxylation is 3. The van der Waals surface area contributed by atoms with Crippen LogP contribution in [0.4, 0.5) is 0 Å². The van der Waals surface area contributed by atoms with E-state index in [2.05, 4.69) is 21.6 Å². The predicted molar refractivity (Wildman–Crippen MR) is 59.7 cm³/mol. The molecule has 86 valence electrons. The first kappa shape index (κ1) is 10.9. The number of aromatic nitrogens is 3. The molecular weight excluding hydrogens is 204 g/mol.